The Labute approximate surface area is 340 Å². The van der Waals surface area contributed by atoms with E-state index < -0.39 is 42.0 Å². The Balaban J connectivity index is 0.880. The third-order valence-electron chi connectivity index (χ3n) is 12.1. The second-order valence-corrected chi connectivity index (χ2v) is 15.9. The van der Waals surface area contributed by atoms with Crippen LogP contribution in [0.2, 0.25) is 0 Å². The summed E-state index contributed by atoms with van der Waals surface area (Å²) in [6.07, 6.45) is 2.90. The van der Waals surface area contributed by atoms with Gasteiger partial charge < -0.3 is 19.9 Å². The molecule has 5 heterocycles. The number of para-hydroxylation sites is 1. The number of halogens is 5. The number of fused-ring (bicyclic) bond motifs is 2. The van der Waals surface area contributed by atoms with Crippen LogP contribution in [0.4, 0.5) is 33.3 Å². The van der Waals surface area contributed by atoms with Crippen LogP contribution < -0.4 is 26.0 Å². The van der Waals surface area contributed by atoms with Crippen LogP contribution in [-0.2, 0) is 22.8 Å². The number of hydrogen-bond acceptors (Lipinski definition) is 9. The summed E-state index contributed by atoms with van der Waals surface area (Å²) in [5.74, 6) is -1.74. The fourth-order valence-corrected chi connectivity index (χ4v) is 9.05. The Hall–Kier alpha value is -5.85. The summed E-state index contributed by atoms with van der Waals surface area (Å²) in [4.78, 5) is 58.9. The second kappa shape index (κ2) is 16.3. The highest BCUT2D eigenvalue weighted by atomic mass is 19.4. The van der Waals surface area contributed by atoms with E-state index >= 15 is 0 Å². The first-order chi connectivity index (χ1) is 28.6. The number of anilines is 2. The van der Waals surface area contributed by atoms with Crippen LogP contribution in [0, 0.1) is 5.92 Å². The van der Waals surface area contributed by atoms with Crippen LogP contribution in [-0.4, -0.2) is 85.9 Å². The predicted octanol–water partition coefficient (Wildman–Crippen LogP) is 6.27. The summed E-state index contributed by atoms with van der Waals surface area (Å²) in [6, 6.07) is 11.0. The molecular formula is C41H44F5N9O5. The minimum atomic E-state index is -4.78. The summed E-state index contributed by atoms with van der Waals surface area (Å²) < 4.78 is 75.9. The third-order valence-corrected chi connectivity index (χ3v) is 12.1. The number of ether oxygens (including phenoxy) is 1. The summed E-state index contributed by atoms with van der Waals surface area (Å²) in [5.41, 5.74) is 0.480. The normalized spacial score (nSPS) is 20.7. The van der Waals surface area contributed by atoms with Gasteiger partial charge in [0.05, 0.1) is 34.0 Å². The lowest BCUT2D eigenvalue weighted by atomic mass is 9.85. The number of piperidine rings is 2. The van der Waals surface area contributed by atoms with Crippen molar-refractivity contribution in [2.75, 3.05) is 36.9 Å². The Morgan fingerprint density at radius 1 is 1.00 bits per heavy atom. The maximum atomic E-state index is 13.4. The number of aromatic nitrogens is 5. The van der Waals surface area contributed by atoms with Crippen molar-refractivity contribution in [3.8, 4) is 5.75 Å². The molecule has 2 saturated heterocycles. The van der Waals surface area contributed by atoms with Crippen molar-refractivity contribution in [1.29, 1.82) is 0 Å². The first-order valence-electron chi connectivity index (χ1n) is 20.0. The third kappa shape index (κ3) is 8.18. The maximum absolute atomic E-state index is 13.4. The molecule has 14 nitrogen and oxygen atoms in total. The van der Waals surface area contributed by atoms with E-state index in [2.05, 4.69) is 42.3 Å². The SMILES string of the molecule is CN(C[C@H]1CC[C@H](n2cc3cc(NC(=O)c4cccc(C(F)(F)F)n4)c(OC(F)F)cc3n2)CC1)C1CCN(c2cccc3c2n(C)c(=O)n3C2CCC(=O)NC2=O)CC1. The molecule has 19 heteroatoms. The summed E-state index contributed by atoms with van der Waals surface area (Å²) in [7, 11) is 3.88. The van der Waals surface area contributed by atoms with Gasteiger partial charge in [0, 0.05) is 56.8 Å². The minimum absolute atomic E-state index is 0.0533. The van der Waals surface area contributed by atoms with Crippen molar-refractivity contribution in [1.82, 2.24) is 34.1 Å². The standard InChI is InChI=1S/C41H44F5N9O5/c1-51(25-15-17-53(18-16-25)30-6-4-7-31-36(30)52(2)40(59)55(31)32-13-14-35(56)49-38(32)58)21-23-9-11-26(12-10-23)54-22-24-19-29(33(60-39(42)43)20-28(24)50-54)48-37(57)27-5-3-8-34(47-27)41(44,45)46/h3-8,19-20,22-23,25-26,32,39H,9-18,21H2,1-2H3,(H,48,57)(H,49,56,58)/t23-,26-,32?. The van der Waals surface area contributed by atoms with Crippen molar-refractivity contribution >= 4 is 51.0 Å². The zero-order valence-electron chi connectivity index (χ0n) is 32.9. The van der Waals surface area contributed by atoms with Gasteiger partial charge in [0.2, 0.25) is 11.8 Å². The number of aryl methyl sites for hydroxylation is 1. The molecule has 1 atom stereocenters. The molecule has 318 valence electrons. The number of nitrogens with zero attached hydrogens (tertiary/aromatic N) is 7. The van der Waals surface area contributed by atoms with Crippen molar-refractivity contribution in [2.45, 2.75) is 82.3 Å². The van der Waals surface area contributed by atoms with Gasteiger partial charge in [0.25, 0.3) is 5.91 Å². The van der Waals surface area contributed by atoms with Crippen LogP contribution in [0.5, 0.6) is 5.75 Å². The lowest BCUT2D eigenvalue weighted by Gasteiger charge is -2.40. The number of imidazole rings is 1. The highest BCUT2D eigenvalue weighted by Crippen LogP contribution is 2.37. The molecular weight excluding hydrogens is 793 g/mol. The molecule has 2 aromatic carbocycles. The molecule has 3 aliphatic rings. The monoisotopic (exact) mass is 837 g/mol. The number of alkyl halides is 5. The van der Waals surface area contributed by atoms with E-state index in [4.69, 9.17) is 0 Å². The van der Waals surface area contributed by atoms with Crippen molar-refractivity contribution < 1.29 is 41.1 Å². The van der Waals surface area contributed by atoms with Gasteiger partial charge in [-0.1, -0.05) is 12.1 Å². The summed E-state index contributed by atoms with van der Waals surface area (Å²) in [6.45, 7) is -0.715. The Morgan fingerprint density at radius 2 is 1.73 bits per heavy atom. The molecule has 3 aromatic heterocycles. The highest BCUT2D eigenvalue weighted by molar-refractivity contribution is 6.05. The van der Waals surface area contributed by atoms with Gasteiger partial charge in [0.15, 0.2) is 5.75 Å². The number of carbonyl (C=O) groups excluding carboxylic acids is 3. The van der Waals surface area contributed by atoms with Crippen LogP contribution in [0.3, 0.4) is 0 Å². The Morgan fingerprint density at radius 3 is 2.43 bits per heavy atom. The van der Waals surface area contributed by atoms with Crippen LogP contribution in [0.1, 0.15) is 79.6 Å². The van der Waals surface area contributed by atoms with Gasteiger partial charge in [0.1, 0.15) is 17.4 Å². The van der Waals surface area contributed by atoms with Crippen LogP contribution in [0.15, 0.2) is 59.5 Å². The fourth-order valence-electron chi connectivity index (χ4n) is 9.05. The molecule has 0 radical (unpaired) electrons. The number of imide groups is 1. The van der Waals surface area contributed by atoms with E-state index in [9.17, 15) is 41.1 Å². The predicted molar refractivity (Wildman–Crippen MR) is 211 cm³/mol. The Bertz CT molecular complexity index is 2500. The zero-order valence-corrected chi connectivity index (χ0v) is 32.9. The topological polar surface area (TPSA) is 149 Å². The number of rotatable bonds is 10. The molecule has 1 aliphatic carbocycles. The fraction of sp³-hybridized carbons (Fsp3) is 0.463. The van der Waals surface area contributed by atoms with Crippen LogP contribution in [0.25, 0.3) is 21.9 Å². The first kappa shape index (κ1) is 40.9. The molecule has 8 rings (SSSR count). The smallest absolute Gasteiger partial charge is 0.433 e. The Kier molecular flexibility index (Phi) is 11.1. The van der Waals surface area contributed by atoms with Gasteiger partial charge in [-0.15, -0.1) is 0 Å². The van der Waals surface area contributed by atoms with E-state index in [0.717, 1.165) is 87.6 Å². The number of pyridine rings is 1. The average Bonchev–Trinajstić information content (AvgIpc) is 3.74. The van der Waals surface area contributed by atoms with Crippen molar-refractivity contribution in [3.05, 3.63) is 76.6 Å². The molecule has 0 bridgehead atoms. The summed E-state index contributed by atoms with van der Waals surface area (Å²) >= 11 is 0. The largest absolute Gasteiger partial charge is 0.433 e. The lowest BCUT2D eigenvalue weighted by molar-refractivity contribution is -0.141. The van der Waals surface area contributed by atoms with E-state index in [1.54, 1.807) is 17.8 Å². The minimum Gasteiger partial charge on any atom is -0.433 e. The molecule has 5 aromatic rings. The number of benzene rings is 2. The summed E-state index contributed by atoms with van der Waals surface area (Å²) in [5, 5.41) is 9.92. The molecule has 2 aliphatic heterocycles. The highest BCUT2D eigenvalue weighted by Gasteiger charge is 2.35. The molecule has 60 heavy (non-hydrogen) atoms. The zero-order chi connectivity index (χ0) is 42.5. The van der Waals surface area contributed by atoms with E-state index in [0.29, 0.717) is 28.4 Å². The first-order valence-corrected chi connectivity index (χ1v) is 20.0. The second-order valence-electron chi connectivity index (χ2n) is 15.9. The number of amides is 3. The molecule has 2 N–H and O–H groups in total. The van der Waals surface area contributed by atoms with Crippen LogP contribution >= 0.6 is 0 Å². The van der Waals surface area contributed by atoms with Crippen molar-refractivity contribution in [2.24, 2.45) is 13.0 Å². The number of hydrogen-bond donors (Lipinski definition) is 2. The molecule has 1 unspecified atom stereocenters. The molecule has 1 saturated carbocycles. The van der Waals surface area contributed by atoms with Gasteiger partial charge in [-0.25, -0.2) is 9.78 Å². The van der Waals surface area contributed by atoms with Gasteiger partial charge >= 0.3 is 18.5 Å². The van der Waals surface area contributed by atoms with E-state index in [1.165, 1.54) is 16.7 Å². The molecule has 3 amide bonds. The lowest BCUT2D eigenvalue weighted by Crippen LogP contribution is -2.45. The van der Waals surface area contributed by atoms with Crippen molar-refractivity contribution in [3.63, 3.8) is 0 Å². The molecule has 3 fully saturated rings. The number of carbonyl (C=O) groups is 3. The van der Waals surface area contributed by atoms with E-state index in [-0.39, 0.29) is 41.9 Å². The maximum Gasteiger partial charge on any atom is 0.433 e. The average molecular weight is 838 g/mol. The molecule has 0 spiro atoms. The van der Waals surface area contributed by atoms with Gasteiger partial charge in [-0.05, 0) is 88.2 Å². The van der Waals surface area contributed by atoms with Gasteiger partial charge in [-0.3, -0.25) is 33.5 Å². The number of nitrogens with one attached hydrogen (secondary N) is 2. The quantitative estimate of drug-likeness (QED) is 0.123. The van der Waals surface area contributed by atoms with Gasteiger partial charge in [-0.2, -0.15) is 27.1 Å². The van der Waals surface area contributed by atoms with E-state index in [1.807, 2.05) is 22.9 Å².